The molecular formula is C33H56F2O2. The van der Waals surface area contributed by atoms with E-state index in [9.17, 15) is 8.78 Å². The van der Waals surface area contributed by atoms with Crippen LogP contribution in [-0.2, 0) is 9.47 Å². The molecule has 4 rings (SSSR count). The molecule has 0 amide bonds. The van der Waals surface area contributed by atoms with Crippen LogP contribution in [0, 0.1) is 35.5 Å². The molecule has 0 bridgehead atoms. The lowest BCUT2D eigenvalue weighted by Crippen LogP contribution is -2.35. The maximum absolute atomic E-state index is 12.5. The Morgan fingerprint density at radius 1 is 0.703 bits per heavy atom. The first-order valence-electron chi connectivity index (χ1n) is 16.4. The highest BCUT2D eigenvalue weighted by atomic mass is 19.3. The van der Waals surface area contributed by atoms with Crippen LogP contribution in [0.2, 0.25) is 0 Å². The fourth-order valence-corrected chi connectivity index (χ4v) is 8.26. The van der Waals surface area contributed by atoms with E-state index in [1.807, 2.05) is 0 Å². The third-order valence-corrected chi connectivity index (χ3v) is 10.7. The molecule has 1 saturated heterocycles. The highest BCUT2D eigenvalue weighted by Gasteiger charge is 2.35. The van der Waals surface area contributed by atoms with Gasteiger partial charge in [-0.15, -0.1) is 0 Å². The molecule has 4 heteroatoms. The molecule has 4 fully saturated rings. The topological polar surface area (TPSA) is 18.5 Å². The smallest absolute Gasteiger partial charge is 0.266 e. The highest BCUT2D eigenvalue weighted by molar-refractivity contribution is 4.92. The third-order valence-electron chi connectivity index (χ3n) is 10.7. The molecule has 3 aliphatic carbocycles. The molecule has 1 aliphatic heterocycles. The van der Waals surface area contributed by atoms with Gasteiger partial charge < -0.3 is 9.47 Å². The van der Waals surface area contributed by atoms with Crippen molar-refractivity contribution in [2.75, 3.05) is 13.2 Å². The Morgan fingerprint density at radius 2 is 1.27 bits per heavy atom. The van der Waals surface area contributed by atoms with Crippen LogP contribution in [0.5, 0.6) is 0 Å². The van der Waals surface area contributed by atoms with Gasteiger partial charge in [-0.2, -0.15) is 8.78 Å². The van der Waals surface area contributed by atoms with Gasteiger partial charge >= 0.3 is 0 Å². The summed E-state index contributed by atoms with van der Waals surface area (Å²) in [6.45, 7) is 3.70. The minimum absolute atomic E-state index is 0.0806. The van der Waals surface area contributed by atoms with Crippen molar-refractivity contribution in [2.24, 2.45) is 35.5 Å². The Bertz CT molecular complexity index is 631. The van der Waals surface area contributed by atoms with Gasteiger partial charge in [-0.3, -0.25) is 0 Å². The molecule has 37 heavy (non-hydrogen) atoms. The lowest BCUT2D eigenvalue weighted by Gasteiger charge is -2.41. The SMILES string of the molecule is CCCCOC1CCC(CCCCC2CCC(C3CCC(C4CCC(C=C(F)F)CO4)CC3)CC2)CC1. The summed E-state index contributed by atoms with van der Waals surface area (Å²) < 4.78 is 37.1. The molecule has 0 aromatic carbocycles. The van der Waals surface area contributed by atoms with E-state index in [2.05, 4.69) is 6.92 Å². The van der Waals surface area contributed by atoms with Crippen molar-refractivity contribution in [2.45, 2.75) is 148 Å². The predicted octanol–water partition coefficient (Wildman–Crippen LogP) is 10.1. The average Bonchev–Trinajstić information content (AvgIpc) is 2.93. The summed E-state index contributed by atoms with van der Waals surface area (Å²) in [5.74, 6) is 4.42. The molecule has 2 unspecified atom stereocenters. The first-order valence-corrected chi connectivity index (χ1v) is 16.4. The van der Waals surface area contributed by atoms with Crippen LogP contribution in [0.25, 0.3) is 0 Å². The van der Waals surface area contributed by atoms with Crippen molar-refractivity contribution >= 4 is 0 Å². The first kappa shape index (κ1) is 29.5. The molecule has 0 N–H and O–H groups in total. The van der Waals surface area contributed by atoms with Crippen molar-refractivity contribution in [3.05, 3.63) is 12.2 Å². The zero-order valence-electron chi connectivity index (χ0n) is 23.8. The van der Waals surface area contributed by atoms with Gasteiger partial charge in [-0.25, -0.2) is 0 Å². The molecule has 0 aromatic heterocycles. The second-order valence-corrected chi connectivity index (χ2v) is 13.3. The summed E-state index contributed by atoms with van der Waals surface area (Å²) in [5.41, 5.74) is 0. The maximum atomic E-state index is 12.5. The number of ether oxygens (including phenoxy) is 2. The van der Waals surface area contributed by atoms with Crippen LogP contribution in [-0.4, -0.2) is 25.4 Å². The molecular weight excluding hydrogens is 466 g/mol. The van der Waals surface area contributed by atoms with Crippen molar-refractivity contribution < 1.29 is 18.3 Å². The average molecular weight is 523 g/mol. The van der Waals surface area contributed by atoms with Gasteiger partial charge in [0, 0.05) is 12.5 Å². The van der Waals surface area contributed by atoms with Gasteiger partial charge in [0.05, 0.1) is 18.8 Å². The molecule has 0 radical (unpaired) electrons. The van der Waals surface area contributed by atoms with Crippen molar-refractivity contribution in [1.82, 2.24) is 0 Å². The van der Waals surface area contributed by atoms with E-state index in [4.69, 9.17) is 9.47 Å². The van der Waals surface area contributed by atoms with Gasteiger partial charge in [0.15, 0.2) is 0 Å². The summed E-state index contributed by atoms with van der Waals surface area (Å²) in [7, 11) is 0. The van der Waals surface area contributed by atoms with E-state index in [-0.39, 0.29) is 5.92 Å². The first-order chi connectivity index (χ1) is 18.1. The van der Waals surface area contributed by atoms with Gasteiger partial charge in [0.25, 0.3) is 6.08 Å². The number of hydrogen-bond acceptors (Lipinski definition) is 2. The Balaban J connectivity index is 1.02. The van der Waals surface area contributed by atoms with Gasteiger partial charge in [0.2, 0.25) is 0 Å². The molecule has 0 aromatic rings. The van der Waals surface area contributed by atoms with Crippen LogP contribution < -0.4 is 0 Å². The van der Waals surface area contributed by atoms with Crippen LogP contribution in [0.4, 0.5) is 8.78 Å². The fraction of sp³-hybridized carbons (Fsp3) is 0.939. The zero-order valence-corrected chi connectivity index (χ0v) is 23.8. The van der Waals surface area contributed by atoms with Crippen LogP contribution in [0.3, 0.4) is 0 Å². The summed E-state index contributed by atoms with van der Waals surface area (Å²) >= 11 is 0. The van der Waals surface area contributed by atoms with E-state index < -0.39 is 6.08 Å². The fourth-order valence-electron chi connectivity index (χ4n) is 8.26. The highest BCUT2D eigenvalue weighted by Crippen LogP contribution is 2.44. The number of hydrogen-bond donors (Lipinski definition) is 0. The third kappa shape index (κ3) is 9.89. The second kappa shape index (κ2) is 15.9. The van der Waals surface area contributed by atoms with E-state index in [0.717, 1.165) is 49.2 Å². The van der Waals surface area contributed by atoms with E-state index in [1.54, 1.807) is 0 Å². The lowest BCUT2D eigenvalue weighted by molar-refractivity contribution is -0.0524. The summed E-state index contributed by atoms with van der Waals surface area (Å²) in [6, 6.07) is 0. The summed E-state index contributed by atoms with van der Waals surface area (Å²) in [6.07, 6.45) is 27.1. The van der Waals surface area contributed by atoms with Crippen molar-refractivity contribution in [3.63, 3.8) is 0 Å². The lowest BCUT2D eigenvalue weighted by atomic mass is 9.67. The molecule has 2 atom stereocenters. The Morgan fingerprint density at radius 3 is 1.81 bits per heavy atom. The van der Waals surface area contributed by atoms with Gasteiger partial charge in [-0.1, -0.05) is 51.9 Å². The number of rotatable bonds is 12. The number of halogens is 2. The second-order valence-electron chi connectivity index (χ2n) is 13.3. The van der Waals surface area contributed by atoms with Crippen molar-refractivity contribution in [3.8, 4) is 0 Å². The van der Waals surface area contributed by atoms with E-state index in [0.29, 0.717) is 24.7 Å². The molecule has 3 saturated carbocycles. The quantitative estimate of drug-likeness (QED) is 0.237. The molecule has 214 valence electrons. The Hall–Kier alpha value is -0.480. The normalized spacial score (nSPS) is 37.3. The molecule has 4 aliphatic rings. The van der Waals surface area contributed by atoms with Crippen LogP contribution in [0.1, 0.15) is 135 Å². The predicted molar refractivity (Wildman–Crippen MR) is 149 cm³/mol. The largest absolute Gasteiger partial charge is 0.378 e. The van der Waals surface area contributed by atoms with Crippen molar-refractivity contribution in [1.29, 1.82) is 0 Å². The Labute approximate surface area is 226 Å². The maximum Gasteiger partial charge on any atom is 0.266 e. The van der Waals surface area contributed by atoms with Crippen LogP contribution >= 0.6 is 0 Å². The minimum atomic E-state index is -1.55. The summed E-state index contributed by atoms with van der Waals surface area (Å²) in [5, 5.41) is 0. The minimum Gasteiger partial charge on any atom is -0.378 e. The monoisotopic (exact) mass is 522 g/mol. The number of unbranched alkanes of at least 4 members (excludes halogenated alkanes) is 2. The van der Waals surface area contributed by atoms with Gasteiger partial charge in [0.1, 0.15) is 0 Å². The Kier molecular flexibility index (Phi) is 12.7. The van der Waals surface area contributed by atoms with Gasteiger partial charge in [-0.05, 0) is 119 Å². The molecule has 2 nitrogen and oxygen atoms in total. The van der Waals surface area contributed by atoms with E-state index >= 15 is 0 Å². The standard InChI is InChI=1S/C33H56F2O2/c1-2-3-22-36-31-19-10-26(11-20-31)7-5-4-6-25-8-13-28(14-9-25)29-15-17-30(18-16-29)32-21-12-27(24-37-32)23-33(34)35/h23,25-32H,2-22,24H2,1H3. The van der Waals surface area contributed by atoms with Crippen LogP contribution in [0.15, 0.2) is 12.2 Å². The summed E-state index contributed by atoms with van der Waals surface area (Å²) in [4.78, 5) is 0. The molecule has 0 spiro atoms. The van der Waals surface area contributed by atoms with E-state index in [1.165, 1.54) is 116 Å². The zero-order chi connectivity index (χ0) is 25.9. The molecule has 1 heterocycles.